The van der Waals surface area contributed by atoms with E-state index in [1.807, 2.05) is 0 Å². The molecule has 0 aromatic rings. The summed E-state index contributed by atoms with van der Waals surface area (Å²) in [6, 6.07) is 0. The lowest BCUT2D eigenvalue weighted by atomic mass is 9.95. The number of piperazine rings is 1. The van der Waals surface area contributed by atoms with Gasteiger partial charge in [0.1, 0.15) is 0 Å². The highest BCUT2D eigenvalue weighted by Gasteiger charge is 2.30. The van der Waals surface area contributed by atoms with Gasteiger partial charge in [-0.1, -0.05) is 0 Å². The van der Waals surface area contributed by atoms with Gasteiger partial charge in [0.15, 0.2) is 0 Å². The maximum Gasteiger partial charge on any atom is 0.0130 e. The van der Waals surface area contributed by atoms with Gasteiger partial charge in [-0.05, 0) is 61.6 Å². The van der Waals surface area contributed by atoms with Crippen LogP contribution in [0, 0.1) is 0 Å². The Morgan fingerprint density at radius 2 is 1.32 bits per heavy atom. The largest absolute Gasteiger partial charge is 0.304 e. The third kappa shape index (κ3) is 5.80. The summed E-state index contributed by atoms with van der Waals surface area (Å²) >= 11 is 0. The van der Waals surface area contributed by atoms with E-state index < -0.39 is 0 Å². The normalized spacial score (nSPS) is 20.2. The minimum Gasteiger partial charge on any atom is -0.304 e. The second kappa shape index (κ2) is 6.55. The summed E-state index contributed by atoms with van der Waals surface area (Å²) in [5, 5.41) is 0. The molecule has 3 heteroatoms. The first-order valence-electron chi connectivity index (χ1n) is 7.79. The standard InChI is InChI=1S/C16H35N3/c1-15(2,3)19(16(4,5)6)10-8-9-18-13-11-17(7)12-14-18/h8-14H2,1-7H3. The molecule has 1 aliphatic rings. The van der Waals surface area contributed by atoms with E-state index in [9.17, 15) is 0 Å². The topological polar surface area (TPSA) is 9.72 Å². The predicted molar refractivity (Wildman–Crippen MR) is 84.8 cm³/mol. The zero-order valence-corrected chi connectivity index (χ0v) is 14.3. The molecule has 0 spiro atoms. The molecule has 1 fully saturated rings. The molecule has 3 nitrogen and oxygen atoms in total. The highest BCUT2D eigenvalue weighted by molar-refractivity contribution is 4.87. The Hall–Kier alpha value is -0.120. The third-order valence-corrected chi connectivity index (χ3v) is 4.07. The molecular weight excluding hydrogens is 234 g/mol. The van der Waals surface area contributed by atoms with Crippen molar-refractivity contribution in [2.24, 2.45) is 0 Å². The Morgan fingerprint density at radius 1 is 0.842 bits per heavy atom. The monoisotopic (exact) mass is 269 g/mol. The van der Waals surface area contributed by atoms with E-state index in [0.717, 1.165) is 0 Å². The average molecular weight is 269 g/mol. The Labute approximate surface area is 120 Å². The molecule has 0 saturated carbocycles. The molecule has 1 heterocycles. The maximum atomic E-state index is 2.63. The van der Waals surface area contributed by atoms with Gasteiger partial charge in [-0.25, -0.2) is 0 Å². The van der Waals surface area contributed by atoms with Crippen LogP contribution in [0.1, 0.15) is 48.0 Å². The average Bonchev–Trinajstić information content (AvgIpc) is 2.23. The highest BCUT2D eigenvalue weighted by atomic mass is 15.3. The van der Waals surface area contributed by atoms with Crippen molar-refractivity contribution in [2.45, 2.75) is 59.0 Å². The first kappa shape index (κ1) is 16.9. The molecule has 0 unspecified atom stereocenters. The lowest BCUT2D eigenvalue weighted by Crippen LogP contribution is -2.53. The Bertz CT molecular complexity index is 240. The molecule has 1 aliphatic heterocycles. The summed E-state index contributed by atoms with van der Waals surface area (Å²) < 4.78 is 0. The van der Waals surface area contributed by atoms with Gasteiger partial charge in [-0.15, -0.1) is 0 Å². The van der Waals surface area contributed by atoms with Crippen LogP contribution in [-0.4, -0.2) is 72.1 Å². The zero-order chi connectivity index (χ0) is 14.7. The fraction of sp³-hybridized carbons (Fsp3) is 1.00. The van der Waals surface area contributed by atoms with Gasteiger partial charge in [0.25, 0.3) is 0 Å². The predicted octanol–water partition coefficient (Wildman–Crippen LogP) is 2.52. The number of rotatable bonds is 4. The lowest BCUT2D eigenvalue weighted by molar-refractivity contribution is 0.0327. The summed E-state index contributed by atoms with van der Waals surface area (Å²) in [5.74, 6) is 0. The second-order valence-corrected chi connectivity index (χ2v) is 7.99. The summed E-state index contributed by atoms with van der Waals surface area (Å²) in [6.45, 7) is 21.3. The van der Waals surface area contributed by atoms with Crippen molar-refractivity contribution in [1.29, 1.82) is 0 Å². The molecule has 0 bridgehead atoms. The van der Waals surface area contributed by atoms with Crippen molar-refractivity contribution in [3.8, 4) is 0 Å². The molecule has 19 heavy (non-hydrogen) atoms. The maximum absolute atomic E-state index is 2.63. The van der Waals surface area contributed by atoms with Gasteiger partial charge in [0, 0.05) is 43.8 Å². The molecule has 0 aromatic heterocycles. The fourth-order valence-electron chi connectivity index (χ4n) is 3.20. The summed E-state index contributed by atoms with van der Waals surface area (Å²) in [4.78, 5) is 7.67. The molecular formula is C16H35N3. The summed E-state index contributed by atoms with van der Waals surface area (Å²) in [6.07, 6.45) is 1.28. The van der Waals surface area contributed by atoms with Crippen molar-refractivity contribution in [3.63, 3.8) is 0 Å². The molecule has 0 amide bonds. The van der Waals surface area contributed by atoms with E-state index in [1.165, 1.54) is 45.7 Å². The van der Waals surface area contributed by atoms with E-state index in [1.54, 1.807) is 0 Å². The van der Waals surface area contributed by atoms with Crippen LogP contribution in [0.15, 0.2) is 0 Å². The molecule has 1 saturated heterocycles. The van der Waals surface area contributed by atoms with Crippen LogP contribution in [0.25, 0.3) is 0 Å². The molecule has 0 atom stereocenters. The van der Waals surface area contributed by atoms with Gasteiger partial charge in [-0.2, -0.15) is 0 Å². The van der Waals surface area contributed by atoms with Crippen LogP contribution >= 0.6 is 0 Å². The number of hydrogen-bond acceptors (Lipinski definition) is 3. The SMILES string of the molecule is CN1CCN(CCCN(C(C)(C)C)C(C)(C)C)CC1. The van der Waals surface area contributed by atoms with Gasteiger partial charge < -0.3 is 9.80 Å². The first-order chi connectivity index (χ1) is 8.60. The molecule has 0 radical (unpaired) electrons. The van der Waals surface area contributed by atoms with Crippen molar-refractivity contribution in [3.05, 3.63) is 0 Å². The number of nitrogens with zero attached hydrogens (tertiary/aromatic N) is 3. The number of likely N-dealkylation sites (N-methyl/N-ethyl adjacent to an activating group) is 1. The van der Waals surface area contributed by atoms with E-state index >= 15 is 0 Å². The van der Waals surface area contributed by atoms with E-state index in [-0.39, 0.29) is 11.1 Å². The lowest BCUT2D eigenvalue weighted by Gasteiger charge is -2.46. The van der Waals surface area contributed by atoms with Gasteiger partial charge in [0.05, 0.1) is 0 Å². The smallest absolute Gasteiger partial charge is 0.0130 e. The van der Waals surface area contributed by atoms with Gasteiger partial charge in [0.2, 0.25) is 0 Å². The highest BCUT2D eigenvalue weighted by Crippen LogP contribution is 2.24. The van der Waals surface area contributed by atoms with E-state index in [2.05, 4.69) is 63.3 Å². The first-order valence-corrected chi connectivity index (χ1v) is 7.79. The minimum atomic E-state index is 0.250. The molecule has 1 rings (SSSR count). The van der Waals surface area contributed by atoms with Crippen LogP contribution < -0.4 is 0 Å². The van der Waals surface area contributed by atoms with Crippen LogP contribution in [0.2, 0.25) is 0 Å². The minimum absolute atomic E-state index is 0.250. The van der Waals surface area contributed by atoms with Gasteiger partial charge in [-0.3, -0.25) is 4.90 Å². The van der Waals surface area contributed by atoms with E-state index in [0.29, 0.717) is 0 Å². The van der Waals surface area contributed by atoms with Crippen LogP contribution in [0.3, 0.4) is 0 Å². The van der Waals surface area contributed by atoms with Gasteiger partial charge >= 0.3 is 0 Å². The second-order valence-electron chi connectivity index (χ2n) is 7.99. The Balaban J connectivity index is 2.37. The van der Waals surface area contributed by atoms with Crippen LogP contribution in [0.5, 0.6) is 0 Å². The Morgan fingerprint density at radius 3 is 1.74 bits per heavy atom. The molecule has 0 aromatic carbocycles. The fourth-order valence-corrected chi connectivity index (χ4v) is 3.20. The molecule has 0 N–H and O–H groups in total. The van der Waals surface area contributed by atoms with Crippen LogP contribution in [0.4, 0.5) is 0 Å². The van der Waals surface area contributed by atoms with Crippen LogP contribution in [-0.2, 0) is 0 Å². The molecule has 114 valence electrons. The quantitative estimate of drug-likeness (QED) is 0.776. The Kier molecular flexibility index (Phi) is 5.84. The van der Waals surface area contributed by atoms with E-state index in [4.69, 9.17) is 0 Å². The summed E-state index contributed by atoms with van der Waals surface area (Å²) in [5.41, 5.74) is 0.501. The van der Waals surface area contributed by atoms with Crippen molar-refractivity contribution >= 4 is 0 Å². The zero-order valence-electron chi connectivity index (χ0n) is 14.3. The van der Waals surface area contributed by atoms with Crippen molar-refractivity contribution in [2.75, 3.05) is 46.3 Å². The van der Waals surface area contributed by atoms with Crippen molar-refractivity contribution in [1.82, 2.24) is 14.7 Å². The third-order valence-electron chi connectivity index (χ3n) is 4.07. The summed E-state index contributed by atoms with van der Waals surface area (Å²) in [7, 11) is 2.22. The number of hydrogen-bond donors (Lipinski definition) is 0. The van der Waals surface area contributed by atoms with Crippen molar-refractivity contribution < 1.29 is 0 Å². The molecule has 0 aliphatic carbocycles.